The van der Waals surface area contributed by atoms with E-state index < -0.39 is 11.9 Å². The van der Waals surface area contributed by atoms with Crippen LogP contribution in [0.2, 0.25) is 0 Å². The Morgan fingerprint density at radius 1 is 0.769 bits per heavy atom. The van der Waals surface area contributed by atoms with Gasteiger partial charge >= 0.3 is 24.0 Å². The molecule has 0 bridgehead atoms. The van der Waals surface area contributed by atoms with Crippen molar-refractivity contribution in [3.05, 3.63) is 12.2 Å². The molecule has 0 unspecified atom stereocenters. The first kappa shape index (κ1) is 23.2. The third kappa shape index (κ3) is 10.9. The molecular weight excluding hydrogens is 344 g/mol. The lowest BCUT2D eigenvalue weighted by molar-refractivity contribution is -0.141. The minimum absolute atomic E-state index is 0.0363. The van der Waals surface area contributed by atoms with Gasteiger partial charge in [-0.3, -0.25) is 0 Å². The average Bonchev–Trinajstić information content (AvgIpc) is 2.55. The number of carbonyl (C=O) groups excluding carboxylic acids is 4. The van der Waals surface area contributed by atoms with Crippen molar-refractivity contribution in [2.45, 2.75) is 25.9 Å². The summed E-state index contributed by atoms with van der Waals surface area (Å²) in [5.74, 6) is -1.47. The van der Waals surface area contributed by atoms with Crippen LogP contribution in [-0.4, -0.2) is 87.3 Å². The Bertz CT molecular complexity index is 487. The average molecular weight is 372 g/mol. The van der Waals surface area contributed by atoms with E-state index in [4.69, 9.17) is 9.47 Å². The van der Waals surface area contributed by atoms with Crippen LogP contribution >= 0.6 is 0 Å². The zero-order valence-electron chi connectivity index (χ0n) is 16.1. The molecule has 2 atom stereocenters. The fourth-order valence-corrected chi connectivity index (χ4v) is 1.41. The lowest BCUT2D eigenvalue weighted by Gasteiger charge is -2.17. The van der Waals surface area contributed by atoms with Gasteiger partial charge in [-0.05, 0) is 13.8 Å². The van der Waals surface area contributed by atoms with Crippen molar-refractivity contribution in [1.29, 1.82) is 0 Å². The number of hydrogen-bond acceptors (Lipinski definition) is 6. The summed E-state index contributed by atoms with van der Waals surface area (Å²) < 4.78 is 9.82. The summed E-state index contributed by atoms with van der Waals surface area (Å²) in [5.41, 5.74) is 0. The zero-order valence-corrected chi connectivity index (χ0v) is 16.1. The van der Waals surface area contributed by atoms with E-state index in [9.17, 15) is 19.2 Å². The maximum Gasteiger partial charge on any atom is 0.331 e. The number of carbonyl (C=O) groups is 4. The van der Waals surface area contributed by atoms with Gasteiger partial charge in [-0.15, -0.1) is 0 Å². The van der Waals surface area contributed by atoms with Crippen molar-refractivity contribution in [3.8, 4) is 0 Å². The SMILES string of the molecule is C[C@H](COC(=O)/C=C/C(=O)OC[C@@H](C)NC(=O)N(C)C)NC(=O)N(C)C. The Kier molecular flexibility index (Phi) is 10.5. The molecule has 0 aliphatic heterocycles. The second-order valence-corrected chi connectivity index (χ2v) is 6.08. The molecule has 0 saturated carbocycles. The first-order valence-electron chi connectivity index (χ1n) is 8.00. The largest absolute Gasteiger partial charge is 0.460 e. The van der Waals surface area contributed by atoms with Crippen molar-refractivity contribution in [1.82, 2.24) is 20.4 Å². The Labute approximate surface area is 153 Å². The molecule has 4 amide bonds. The third-order valence-corrected chi connectivity index (χ3v) is 2.86. The monoisotopic (exact) mass is 372 g/mol. The number of ether oxygens (including phenoxy) is 2. The first-order chi connectivity index (χ1) is 12.0. The van der Waals surface area contributed by atoms with Gasteiger partial charge in [0.15, 0.2) is 0 Å². The molecule has 0 aromatic carbocycles. The van der Waals surface area contributed by atoms with E-state index in [1.165, 1.54) is 9.80 Å². The Morgan fingerprint density at radius 3 is 1.35 bits per heavy atom. The van der Waals surface area contributed by atoms with Gasteiger partial charge < -0.3 is 29.9 Å². The summed E-state index contributed by atoms with van der Waals surface area (Å²) in [6.45, 7) is 3.28. The predicted molar refractivity (Wildman–Crippen MR) is 94.4 cm³/mol. The van der Waals surface area contributed by atoms with E-state index in [0.29, 0.717) is 0 Å². The van der Waals surface area contributed by atoms with Crippen molar-refractivity contribution in [2.24, 2.45) is 0 Å². The molecule has 0 saturated heterocycles. The quantitative estimate of drug-likeness (QED) is 0.456. The Morgan fingerprint density at radius 2 is 1.08 bits per heavy atom. The second kappa shape index (κ2) is 11.7. The van der Waals surface area contributed by atoms with Crippen LogP contribution in [0, 0.1) is 0 Å². The number of hydrogen-bond donors (Lipinski definition) is 2. The minimum Gasteiger partial charge on any atom is -0.460 e. The molecule has 0 fully saturated rings. The van der Waals surface area contributed by atoms with E-state index in [-0.39, 0.29) is 37.4 Å². The topological polar surface area (TPSA) is 117 Å². The summed E-state index contributed by atoms with van der Waals surface area (Å²) in [7, 11) is 6.37. The lowest BCUT2D eigenvalue weighted by atomic mass is 10.3. The van der Waals surface area contributed by atoms with Crippen molar-refractivity contribution in [3.63, 3.8) is 0 Å². The molecule has 10 heteroatoms. The van der Waals surface area contributed by atoms with Gasteiger partial charge in [-0.1, -0.05) is 0 Å². The second-order valence-electron chi connectivity index (χ2n) is 6.08. The maximum atomic E-state index is 11.5. The van der Waals surface area contributed by atoms with Gasteiger partial charge in [-0.2, -0.15) is 0 Å². The van der Waals surface area contributed by atoms with Crippen LogP contribution in [0.15, 0.2) is 12.2 Å². The van der Waals surface area contributed by atoms with Crippen LogP contribution in [0.1, 0.15) is 13.8 Å². The molecule has 2 N–H and O–H groups in total. The summed E-state index contributed by atoms with van der Waals surface area (Å²) in [6.07, 6.45) is 1.87. The summed E-state index contributed by atoms with van der Waals surface area (Å²) in [6, 6.07) is -1.36. The third-order valence-electron chi connectivity index (χ3n) is 2.86. The lowest BCUT2D eigenvalue weighted by Crippen LogP contribution is -2.42. The fraction of sp³-hybridized carbons (Fsp3) is 0.625. The van der Waals surface area contributed by atoms with Crippen molar-refractivity contribution >= 4 is 24.0 Å². The molecule has 0 spiro atoms. The normalized spacial score (nSPS) is 12.7. The molecule has 10 nitrogen and oxygen atoms in total. The van der Waals surface area contributed by atoms with E-state index in [1.807, 2.05) is 0 Å². The molecule has 0 rings (SSSR count). The highest BCUT2D eigenvalue weighted by Gasteiger charge is 2.12. The highest BCUT2D eigenvalue weighted by Crippen LogP contribution is 1.92. The van der Waals surface area contributed by atoms with Crippen LogP contribution in [0.5, 0.6) is 0 Å². The number of esters is 2. The smallest absolute Gasteiger partial charge is 0.331 e. The number of urea groups is 2. The van der Waals surface area contributed by atoms with E-state index in [1.54, 1.807) is 42.0 Å². The van der Waals surface area contributed by atoms with Crippen molar-refractivity contribution < 1.29 is 28.7 Å². The van der Waals surface area contributed by atoms with Gasteiger partial charge in [-0.25, -0.2) is 19.2 Å². The summed E-state index contributed by atoms with van der Waals surface area (Å²) in [4.78, 5) is 48.6. The Hall–Kier alpha value is -2.78. The number of nitrogens with zero attached hydrogens (tertiary/aromatic N) is 2. The molecule has 26 heavy (non-hydrogen) atoms. The van der Waals surface area contributed by atoms with Crippen LogP contribution in [0.3, 0.4) is 0 Å². The van der Waals surface area contributed by atoms with Gasteiger partial charge in [0.25, 0.3) is 0 Å². The highest BCUT2D eigenvalue weighted by atomic mass is 16.5. The number of rotatable bonds is 8. The van der Waals surface area contributed by atoms with E-state index in [2.05, 4.69) is 10.6 Å². The maximum absolute atomic E-state index is 11.5. The number of amides is 4. The van der Waals surface area contributed by atoms with Crippen LogP contribution in [0.25, 0.3) is 0 Å². The Balaban J connectivity index is 4.10. The molecular formula is C16H28N4O6. The summed E-state index contributed by atoms with van der Waals surface area (Å²) >= 11 is 0. The van der Waals surface area contributed by atoms with Gasteiger partial charge in [0.05, 0.1) is 12.1 Å². The molecule has 0 aliphatic carbocycles. The van der Waals surface area contributed by atoms with Crippen LogP contribution in [-0.2, 0) is 19.1 Å². The first-order valence-corrected chi connectivity index (χ1v) is 8.00. The highest BCUT2D eigenvalue weighted by molar-refractivity contribution is 5.91. The van der Waals surface area contributed by atoms with Gasteiger partial charge in [0, 0.05) is 40.3 Å². The van der Waals surface area contributed by atoms with Crippen LogP contribution < -0.4 is 10.6 Å². The molecule has 0 heterocycles. The zero-order chi connectivity index (χ0) is 20.3. The van der Waals surface area contributed by atoms with Gasteiger partial charge in [0.2, 0.25) is 0 Å². The van der Waals surface area contributed by atoms with Crippen molar-refractivity contribution in [2.75, 3.05) is 41.4 Å². The van der Waals surface area contributed by atoms with E-state index in [0.717, 1.165) is 12.2 Å². The summed E-state index contributed by atoms with van der Waals surface area (Å²) in [5, 5.41) is 5.22. The van der Waals surface area contributed by atoms with E-state index >= 15 is 0 Å². The predicted octanol–water partition coefficient (Wildman–Crippen LogP) is -0.0516. The molecule has 0 radical (unpaired) electrons. The standard InChI is InChI=1S/C16H28N4O6/c1-11(17-15(23)19(3)4)9-25-13(21)7-8-14(22)26-10-12(2)18-16(24)20(5)6/h7-8,11-12H,9-10H2,1-6H3,(H,17,23)(H,18,24)/b8-7+/t11-,12-/m1/s1. The van der Waals surface area contributed by atoms with Gasteiger partial charge in [0.1, 0.15) is 13.2 Å². The fourth-order valence-electron chi connectivity index (χ4n) is 1.41. The molecule has 0 aromatic rings. The molecule has 0 aliphatic rings. The molecule has 0 aromatic heterocycles. The molecule has 148 valence electrons. The number of nitrogens with one attached hydrogen (secondary N) is 2. The van der Waals surface area contributed by atoms with Crippen LogP contribution in [0.4, 0.5) is 9.59 Å². The minimum atomic E-state index is -0.734.